The Hall–Kier alpha value is -1.14. The Morgan fingerprint density at radius 1 is 1.38 bits per heavy atom. The molecular formula is C10H17N3O2S. The maximum atomic E-state index is 11.6. The molecule has 0 fully saturated rings. The fraction of sp³-hybridized carbons (Fsp3) is 0.500. The molecule has 0 unspecified atom stereocenters. The summed E-state index contributed by atoms with van der Waals surface area (Å²) in [5.41, 5.74) is 0.784. The first-order valence-corrected chi connectivity index (χ1v) is 6.83. The molecule has 0 aliphatic carbocycles. The zero-order valence-corrected chi connectivity index (χ0v) is 10.3. The summed E-state index contributed by atoms with van der Waals surface area (Å²) in [6.45, 7) is 4.95. The van der Waals surface area contributed by atoms with E-state index in [2.05, 4.69) is 15.0 Å². The van der Waals surface area contributed by atoms with Crippen LogP contribution < -0.4 is 10.0 Å². The average Bonchev–Trinajstić information content (AvgIpc) is 2.17. The third-order valence-electron chi connectivity index (χ3n) is 1.95. The van der Waals surface area contributed by atoms with Crippen molar-refractivity contribution >= 4 is 15.8 Å². The molecular weight excluding hydrogens is 226 g/mol. The van der Waals surface area contributed by atoms with Gasteiger partial charge in [-0.2, -0.15) is 0 Å². The standard InChI is InChI=1S/C10H17N3O2S/c1-3-11-7-8-16(14,15)13-10-6-4-5-9(2)12-10/h4-6,11H,3,7-8H2,1-2H3,(H,12,13). The van der Waals surface area contributed by atoms with E-state index in [9.17, 15) is 8.42 Å². The largest absolute Gasteiger partial charge is 0.316 e. The van der Waals surface area contributed by atoms with Gasteiger partial charge in [0.1, 0.15) is 5.82 Å². The van der Waals surface area contributed by atoms with Crippen LogP contribution in [0.5, 0.6) is 0 Å². The second-order valence-electron chi connectivity index (χ2n) is 3.44. The van der Waals surface area contributed by atoms with E-state index >= 15 is 0 Å². The number of aryl methyl sites for hydroxylation is 1. The predicted molar refractivity (Wildman–Crippen MR) is 64.9 cm³/mol. The van der Waals surface area contributed by atoms with E-state index in [1.807, 2.05) is 19.9 Å². The van der Waals surface area contributed by atoms with E-state index in [0.717, 1.165) is 12.2 Å². The van der Waals surface area contributed by atoms with Crippen molar-refractivity contribution in [3.8, 4) is 0 Å². The summed E-state index contributed by atoms with van der Waals surface area (Å²) in [4.78, 5) is 4.08. The molecule has 0 atom stereocenters. The van der Waals surface area contributed by atoms with Gasteiger partial charge in [-0.15, -0.1) is 0 Å². The van der Waals surface area contributed by atoms with Gasteiger partial charge in [-0.1, -0.05) is 13.0 Å². The molecule has 1 heterocycles. The maximum absolute atomic E-state index is 11.6. The van der Waals surface area contributed by atoms with Crippen LogP contribution in [0, 0.1) is 6.92 Å². The van der Waals surface area contributed by atoms with Crippen molar-refractivity contribution in [2.45, 2.75) is 13.8 Å². The lowest BCUT2D eigenvalue weighted by atomic mass is 10.4. The molecule has 0 bridgehead atoms. The molecule has 0 saturated carbocycles. The van der Waals surface area contributed by atoms with Crippen LogP contribution in [0.3, 0.4) is 0 Å². The van der Waals surface area contributed by atoms with Gasteiger partial charge in [0.25, 0.3) is 0 Å². The number of nitrogens with one attached hydrogen (secondary N) is 2. The minimum Gasteiger partial charge on any atom is -0.316 e. The van der Waals surface area contributed by atoms with Gasteiger partial charge in [0.15, 0.2) is 0 Å². The lowest BCUT2D eigenvalue weighted by Gasteiger charge is -2.07. The third kappa shape index (κ3) is 4.59. The van der Waals surface area contributed by atoms with Crippen molar-refractivity contribution in [3.05, 3.63) is 23.9 Å². The van der Waals surface area contributed by atoms with Gasteiger partial charge in [-0.25, -0.2) is 13.4 Å². The molecule has 1 aromatic heterocycles. The smallest absolute Gasteiger partial charge is 0.235 e. The van der Waals surface area contributed by atoms with Crippen molar-refractivity contribution in [1.29, 1.82) is 0 Å². The second kappa shape index (κ2) is 5.81. The number of rotatable bonds is 6. The number of hydrogen-bond donors (Lipinski definition) is 2. The highest BCUT2D eigenvalue weighted by molar-refractivity contribution is 7.92. The SMILES string of the molecule is CCNCCS(=O)(=O)Nc1cccc(C)n1. The quantitative estimate of drug-likeness (QED) is 0.723. The lowest BCUT2D eigenvalue weighted by molar-refractivity contribution is 0.597. The van der Waals surface area contributed by atoms with Crippen LogP contribution in [-0.2, 0) is 10.0 Å². The molecule has 1 rings (SSSR count). The van der Waals surface area contributed by atoms with Gasteiger partial charge in [0.2, 0.25) is 10.0 Å². The third-order valence-corrected chi connectivity index (χ3v) is 3.21. The summed E-state index contributed by atoms with van der Waals surface area (Å²) in [5, 5.41) is 2.96. The molecule has 0 spiro atoms. The van der Waals surface area contributed by atoms with Crippen molar-refractivity contribution in [2.24, 2.45) is 0 Å². The summed E-state index contributed by atoms with van der Waals surface area (Å²) in [7, 11) is -3.30. The molecule has 16 heavy (non-hydrogen) atoms. The molecule has 0 amide bonds. The Morgan fingerprint density at radius 2 is 2.12 bits per heavy atom. The van der Waals surface area contributed by atoms with Gasteiger partial charge in [-0.3, -0.25) is 4.72 Å². The lowest BCUT2D eigenvalue weighted by Crippen LogP contribution is -2.26. The first kappa shape index (κ1) is 12.9. The summed E-state index contributed by atoms with van der Waals surface area (Å²) in [6, 6.07) is 5.22. The predicted octanol–water partition coefficient (Wildman–Crippen LogP) is 0.741. The Balaban J connectivity index is 2.59. The van der Waals surface area contributed by atoms with Gasteiger partial charge in [0, 0.05) is 12.2 Å². The molecule has 5 nitrogen and oxygen atoms in total. The number of pyridine rings is 1. The van der Waals surface area contributed by atoms with Crippen molar-refractivity contribution in [3.63, 3.8) is 0 Å². The Morgan fingerprint density at radius 3 is 2.75 bits per heavy atom. The number of hydrogen-bond acceptors (Lipinski definition) is 4. The van der Waals surface area contributed by atoms with E-state index in [1.165, 1.54) is 0 Å². The molecule has 0 radical (unpaired) electrons. The second-order valence-corrected chi connectivity index (χ2v) is 5.28. The first-order valence-electron chi connectivity index (χ1n) is 5.18. The molecule has 2 N–H and O–H groups in total. The number of sulfonamides is 1. The molecule has 1 aromatic rings. The molecule has 6 heteroatoms. The van der Waals surface area contributed by atoms with E-state index in [-0.39, 0.29) is 5.75 Å². The zero-order chi connectivity index (χ0) is 12.0. The van der Waals surface area contributed by atoms with E-state index < -0.39 is 10.0 Å². The zero-order valence-electron chi connectivity index (χ0n) is 9.53. The van der Waals surface area contributed by atoms with Crippen LogP contribution in [-0.4, -0.2) is 32.2 Å². The highest BCUT2D eigenvalue weighted by Crippen LogP contribution is 2.06. The van der Waals surface area contributed by atoms with Gasteiger partial charge in [0.05, 0.1) is 5.75 Å². The number of nitrogens with zero attached hydrogens (tertiary/aromatic N) is 1. The van der Waals surface area contributed by atoms with Crippen LogP contribution in [0.25, 0.3) is 0 Å². The summed E-state index contributed by atoms with van der Waals surface area (Å²) >= 11 is 0. The number of anilines is 1. The topological polar surface area (TPSA) is 71.1 Å². The molecule has 0 aliphatic rings. The van der Waals surface area contributed by atoms with E-state index in [4.69, 9.17) is 0 Å². The normalized spacial score (nSPS) is 11.4. The maximum Gasteiger partial charge on any atom is 0.235 e. The average molecular weight is 243 g/mol. The van der Waals surface area contributed by atoms with E-state index in [1.54, 1.807) is 12.1 Å². The Labute approximate surface area is 96.3 Å². The molecule has 90 valence electrons. The van der Waals surface area contributed by atoms with E-state index in [0.29, 0.717) is 12.4 Å². The van der Waals surface area contributed by atoms with Crippen LogP contribution in [0.15, 0.2) is 18.2 Å². The fourth-order valence-electron chi connectivity index (χ4n) is 1.19. The minimum atomic E-state index is -3.30. The summed E-state index contributed by atoms with van der Waals surface area (Å²) < 4.78 is 25.6. The molecule has 0 aliphatic heterocycles. The monoisotopic (exact) mass is 243 g/mol. The van der Waals surface area contributed by atoms with Gasteiger partial charge in [-0.05, 0) is 25.6 Å². The summed E-state index contributed by atoms with van der Waals surface area (Å²) in [5.74, 6) is 0.424. The Kier molecular flexibility index (Phi) is 4.70. The van der Waals surface area contributed by atoms with Crippen LogP contribution in [0.2, 0.25) is 0 Å². The van der Waals surface area contributed by atoms with Crippen LogP contribution >= 0.6 is 0 Å². The minimum absolute atomic E-state index is 0.0520. The first-order chi connectivity index (χ1) is 7.53. The fourth-order valence-corrected chi connectivity index (χ4v) is 2.14. The Bertz CT molecular complexity index is 431. The molecule has 0 saturated heterocycles. The number of aromatic nitrogens is 1. The van der Waals surface area contributed by atoms with Gasteiger partial charge < -0.3 is 5.32 Å². The van der Waals surface area contributed by atoms with Crippen molar-refractivity contribution in [1.82, 2.24) is 10.3 Å². The highest BCUT2D eigenvalue weighted by Gasteiger charge is 2.10. The van der Waals surface area contributed by atoms with Crippen molar-refractivity contribution < 1.29 is 8.42 Å². The van der Waals surface area contributed by atoms with Gasteiger partial charge >= 0.3 is 0 Å². The summed E-state index contributed by atoms with van der Waals surface area (Å²) in [6.07, 6.45) is 0. The molecule has 0 aromatic carbocycles. The van der Waals surface area contributed by atoms with Crippen molar-refractivity contribution in [2.75, 3.05) is 23.6 Å². The van der Waals surface area contributed by atoms with Crippen LogP contribution in [0.4, 0.5) is 5.82 Å². The highest BCUT2D eigenvalue weighted by atomic mass is 32.2. The van der Waals surface area contributed by atoms with Crippen LogP contribution in [0.1, 0.15) is 12.6 Å².